The zero-order valence-corrected chi connectivity index (χ0v) is 21.1. The molecule has 1 heterocycles. The topological polar surface area (TPSA) is 149 Å². The Hall–Kier alpha value is -3.61. The van der Waals surface area contributed by atoms with Crippen molar-refractivity contribution in [1.82, 2.24) is 15.6 Å². The zero-order valence-electron chi connectivity index (χ0n) is 19.5. The van der Waals surface area contributed by atoms with Crippen LogP contribution in [0, 0.1) is 0 Å². The highest BCUT2D eigenvalue weighted by Crippen LogP contribution is 2.24. The van der Waals surface area contributed by atoms with Crippen molar-refractivity contribution in [3.63, 3.8) is 0 Å². The lowest BCUT2D eigenvalue weighted by atomic mass is 10.0. The predicted octanol–water partition coefficient (Wildman–Crippen LogP) is 3.01. The van der Waals surface area contributed by atoms with E-state index < -0.39 is 34.4 Å². The number of carbonyl (C=O) groups excluding carboxylic acids is 3. The van der Waals surface area contributed by atoms with Gasteiger partial charge in [-0.15, -0.1) is 11.3 Å². The summed E-state index contributed by atoms with van der Waals surface area (Å²) < 4.78 is 37.5. The van der Waals surface area contributed by atoms with E-state index in [0.717, 1.165) is 23.2 Å². The van der Waals surface area contributed by atoms with E-state index in [4.69, 9.17) is 4.55 Å². The molecule has 0 spiro atoms. The number of aryl methyl sites for hydroxylation is 1. The summed E-state index contributed by atoms with van der Waals surface area (Å²) in [6.07, 6.45) is 0.502. The fourth-order valence-electron chi connectivity index (χ4n) is 3.45. The van der Waals surface area contributed by atoms with Crippen LogP contribution in [0.5, 0.6) is 0 Å². The van der Waals surface area contributed by atoms with Gasteiger partial charge < -0.3 is 5.32 Å². The number of hydrogen-bond acceptors (Lipinski definition) is 6. The first-order chi connectivity index (χ1) is 17.2. The van der Waals surface area contributed by atoms with Gasteiger partial charge in [-0.25, -0.2) is 4.98 Å². The largest absolute Gasteiger partial charge is 0.691 e. The van der Waals surface area contributed by atoms with Crippen molar-refractivity contribution in [2.24, 2.45) is 0 Å². The summed E-state index contributed by atoms with van der Waals surface area (Å²) in [5.74, 6) is -0.424. The number of thiazole rings is 1. The van der Waals surface area contributed by atoms with Crippen molar-refractivity contribution in [2.45, 2.75) is 38.3 Å². The number of aromatic nitrogens is 1. The molecule has 0 saturated carbocycles. The second kappa shape index (κ2) is 12.4. The lowest BCUT2D eigenvalue weighted by Gasteiger charge is -2.21. The molecule has 36 heavy (non-hydrogen) atoms. The minimum Gasteiger partial charge on any atom is -0.345 e. The van der Waals surface area contributed by atoms with Crippen LogP contribution in [0.4, 0.5) is 10.5 Å². The lowest BCUT2D eigenvalue weighted by molar-refractivity contribution is -0.333. The molecule has 0 aliphatic carbocycles. The van der Waals surface area contributed by atoms with E-state index >= 15 is 0 Å². The van der Waals surface area contributed by atoms with Gasteiger partial charge in [0.05, 0.1) is 22.2 Å². The van der Waals surface area contributed by atoms with E-state index in [1.807, 2.05) is 47.4 Å². The van der Waals surface area contributed by atoms with Gasteiger partial charge in [0, 0.05) is 11.8 Å². The minimum absolute atomic E-state index is 0.197. The fraction of sp³-hybridized carbons (Fsp3) is 0.250. The van der Waals surface area contributed by atoms with E-state index in [9.17, 15) is 18.0 Å². The first-order valence-corrected chi connectivity index (χ1v) is 13.3. The SMILES string of the molecule is C=[O+]C(=O)NC(Cc1ccccc1)C(=O)NC(Cc1ccc(NS(=O)(=O)O)cc1)c1nc(CC)cs1. The number of rotatable bonds is 11. The Morgan fingerprint density at radius 2 is 1.72 bits per heavy atom. The Labute approximate surface area is 213 Å². The van der Waals surface area contributed by atoms with Gasteiger partial charge in [-0.3, -0.25) is 23.8 Å². The molecular formula is C24H27N4O6S2+. The summed E-state index contributed by atoms with van der Waals surface area (Å²) >= 11 is 1.42. The molecule has 0 aliphatic rings. The maximum absolute atomic E-state index is 13.3. The third kappa shape index (κ3) is 8.26. The molecule has 0 fully saturated rings. The van der Waals surface area contributed by atoms with E-state index in [1.165, 1.54) is 23.5 Å². The van der Waals surface area contributed by atoms with Crippen molar-refractivity contribution in [1.29, 1.82) is 0 Å². The Morgan fingerprint density at radius 3 is 2.31 bits per heavy atom. The number of carbonyl (C=O) groups is 2. The van der Waals surface area contributed by atoms with Crippen LogP contribution in [0.3, 0.4) is 0 Å². The molecule has 0 radical (unpaired) electrons. The van der Waals surface area contributed by atoms with Crippen molar-refractivity contribution < 1.29 is 27.0 Å². The molecular weight excluding hydrogens is 504 g/mol. The maximum atomic E-state index is 13.3. The molecule has 0 bridgehead atoms. The van der Waals surface area contributed by atoms with Crippen LogP contribution >= 0.6 is 11.3 Å². The zero-order chi connectivity index (χ0) is 26.1. The van der Waals surface area contributed by atoms with Gasteiger partial charge in [0.25, 0.3) is 0 Å². The highest BCUT2D eigenvalue weighted by atomic mass is 32.2. The smallest absolute Gasteiger partial charge is 0.345 e. The van der Waals surface area contributed by atoms with Crippen molar-refractivity contribution >= 4 is 46.1 Å². The Morgan fingerprint density at radius 1 is 1.06 bits per heavy atom. The van der Waals surface area contributed by atoms with Gasteiger partial charge in [-0.2, -0.15) is 8.42 Å². The summed E-state index contributed by atoms with van der Waals surface area (Å²) in [5, 5.41) is 8.15. The number of anilines is 1. The molecule has 1 aromatic heterocycles. The quantitative estimate of drug-likeness (QED) is 0.221. The highest BCUT2D eigenvalue weighted by Gasteiger charge is 2.29. The van der Waals surface area contributed by atoms with Crippen LogP contribution in [-0.4, -0.2) is 42.8 Å². The Bertz CT molecular complexity index is 1290. The average Bonchev–Trinajstić information content (AvgIpc) is 3.33. The average molecular weight is 532 g/mol. The Kier molecular flexibility index (Phi) is 9.28. The van der Waals surface area contributed by atoms with Crippen LogP contribution in [-0.2, 0) is 38.8 Å². The molecule has 0 aliphatic heterocycles. The van der Waals surface area contributed by atoms with Gasteiger partial charge in [-0.1, -0.05) is 49.4 Å². The normalized spacial score (nSPS) is 12.8. The minimum atomic E-state index is -4.38. The third-order valence-corrected chi connectivity index (χ3v) is 6.71. The number of nitrogens with one attached hydrogen (secondary N) is 3. The first-order valence-electron chi connectivity index (χ1n) is 11.0. The number of amides is 2. The molecule has 0 saturated heterocycles. The standard InChI is InChI=1S/C24H26N4O6S2/c1-3-18-15-35-23(25-18)21(14-17-9-11-19(12-10-17)28-36(31,32)33)26-22(29)20(27-24(30)34-2)13-16-7-5-4-6-8-16/h4-12,15,20-21,28H,2-3,13-14H2,1H3,(H2-,26,27,29,30,31,32,33)/p+1. The van der Waals surface area contributed by atoms with Crippen molar-refractivity contribution in [3.05, 3.63) is 81.8 Å². The Balaban J connectivity index is 1.83. The summed E-state index contributed by atoms with van der Waals surface area (Å²) in [5.41, 5.74) is 2.73. The van der Waals surface area contributed by atoms with Gasteiger partial charge in [0.15, 0.2) is 6.79 Å². The summed E-state index contributed by atoms with van der Waals surface area (Å²) in [7, 11) is -4.38. The molecule has 2 amide bonds. The van der Waals surface area contributed by atoms with E-state index in [2.05, 4.69) is 26.8 Å². The number of benzene rings is 2. The first kappa shape index (κ1) is 27.0. The van der Waals surface area contributed by atoms with Crippen molar-refractivity contribution in [3.8, 4) is 0 Å². The maximum Gasteiger partial charge on any atom is 0.691 e. The lowest BCUT2D eigenvalue weighted by Crippen LogP contribution is -2.48. The van der Waals surface area contributed by atoms with E-state index in [0.29, 0.717) is 11.4 Å². The molecule has 190 valence electrons. The van der Waals surface area contributed by atoms with Gasteiger partial charge in [-0.05, 0) is 36.1 Å². The molecule has 2 atom stereocenters. The second-order valence-corrected chi connectivity index (χ2v) is 9.93. The molecule has 10 nitrogen and oxygen atoms in total. The predicted molar refractivity (Wildman–Crippen MR) is 137 cm³/mol. The van der Waals surface area contributed by atoms with Gasteiger partial charge in [0.2, 0.25) is 5.91 Å². The van der Waals surface area contributed by atoms with Crippen LogP contribution in [0.1, 0.15) is 34.8 Å². The number of hydrogen-bond donors (Lipinski definition) is 4. The second-order valence-electron chi connectivity index (χ2n) is 7.89. The molecule has 4 N–H and O–H groups in total. The summed E-state index contributed by atoms with van der Waals surface area (Å²) in [4.78, 5) is 29.8. The van der Waals surface area contributed by atoms with Crippen LogP contribution in [0.25, 0.3) is 0 Å². The third-order valence-electron chi connectivity index (χ3n) is 5.21. The van der Waals surface area contributed by atoms with E-state index in [-0.39, 0.29) is 12.1 Å². The fourth-order valence-corrected chi connectivity index (χ4v) is 4.84. The monoisotopic (exact) mass is 531 g/mol. The van der Waals surface area contributed by atoms with Crippen LogP contribution in [0.2, 0.25) is 0 Å². The summed E-state index contributed by atoms with van der Waals surface area (Å²) in [6.45, 7) is 5.08. The van der Waals surface area contributed by atoms with Crippen molar-refractivity contribution in [2.75, 3.05) is 4.72 Å². The van der Waals surface area contributed by atoms with E-state index in [1.54, 1.807) is 12.1 Å². The number of nitrogens with zero attached hydrogens (tertiary/aromatic N) is 1. The molecule has 3 rings (SSSR count). The molecule has 12 heteroatoms. The molecule has 3 aromatic rings. The van der Waals surface area contributed by atoms with Gasteiger partial charge >= 0.3 is 16.4 Å². The van der Waals surface area contributed by atoms with Gasteiger partial charge in [0.1, 0.15) is 11.0 Å². The molecule has 2 unspecified atom stereocenters. The molecule has 2 aromatic carbocycles. The van der Waals surface area contributed by atoms with Crippen LogP contribution < -0.4 is 15.4 Å². The van der Waals surface area contributed by atoms with Crippen LogP contribution in [0.15, 0.2) is 60.0 Å². The highest BCUT2D eigenvalue weighted by molar-refractivity contribution is 7.87. The summed E-state index contributed by atoms with van der Waals surface area (Å²) in [6, 6.07) is 14.2.